The van der Waals surface area contributed by atoms with Gasteiger partial charge in [0.25, 0.3) is 0 Å². The second-order valence-electron chi connectivity index (χ2n) is 2.97. The third-order valence-corrected chi connectivity index (χ3v) is 1.68. The monoisotopic (exact) mass is 151 g/mol. The molecule has 0 aliphatic heterocycles. The molecule has 0 bridgehead atoms. The highest BCUT2D eigenvalue weighted by atomic mass is 16.3. The predicted octanol–water partition coefficient (Wildman–Crippen LogP) is 1.77. The summed E-state index contributed by atoms with van der Waals surface area (Å²) >= 11 is 0. The van der Waals surface area contributed by atoms with Crippen LogP contribution < -0.4 is 0 Å². The van der Waals surface area contributed by atoms with Crippen molar-refractivity contribution in [2.45, 2.75) is 20.0 Å². The van der Waals surface area contributed by atoms with Crippen LogP contribution in [0.2, 0.25) is 0 Å². The molecule has 1 atom stereocenters. The minimum Gasteiger partial charge on any atom is -0.388 e. The number of aliphatic hydroxyl groups excluding tert-OH is 1. The van der Waals surface area contributed by atoms with Crippen molar-refractivity contribution >= 4 is 0 Å². The van der Waals surface area contributed by atoms with Crippen LogP contribution >= 0.6 is 0 Å². The van der Waals surface area contributed by atoms with Crippen molar-refractivity contribution in [3.63, 3.8) is 0 Å². The largest absolute Gasteiger partial charge is 0.388 e. The van der Waals surface area contributed by atoms with E-state index < -0.39 is 0 Å². The zero-order chi connectivity index (χ0) is 8.27. The molecule has 0 amide bonds. The number of pyridine rings is 1. The highest BCUT2D eigenvalue weighted by molar-refractivity contribution is 5.13. The summed E-state index contributed by atoms with van der Waals surface area (Å²) in [5.41, 5.74) is 0.940. The van der Waals surface area contributed by atoms with E-state index in [0.717, 1.165) is 5.56 Å². The van der Waals surface area contributed by atoms with E-state index in [-0.39, 0.29) is 12.0 Å². The lowest BCUT2D eigenvalue weighted by atomic mass is 10.0. The lowest BCUT2D eigenvalue weighted by molar-refractivity contribution is 0.127. The first-order chi connectivity index (χ1) is 5.22. The predicted molar refractivity (Wildman–Crippen MR) is 44.0 cm³/mol. The number of aromatic nitrogens is 1. The van der Waals surface area contributed by atoms with Gasteiger partial charge in [-0.05, 0) is 23.6 Å². The SMILES string of the molecule is CC(C)[C@@H](O)c1ccncc1. The zero-order valence-electron chi connectivity index (χ0n) is 6.86. The molecule has 0 saturated heterocycles. The maximum absolute atomic E-state index is 9.57. The third-order valence-electron chi connectivity index (χ3n) is 1.68. The van der Waals surface area contributed by atoms with E-state index in [4.69, 9.17) is 0 Å². The van der Waals surface area contributed by atoms with Crippen molar-refractivity contribution in [2.75, 3.05) is 0 Å². The van der Waals surface area contributed by atoms with Crippen LogP contribution in [0.4, 0.5) is 0 Å². The van der Waals surface area contributed by atoms with E-state index >= 15 is 0 Å². The lowest BCUT2D eigenvalue weighted by Crippen LogP contribution is -2.04. The van der Waals surface area contributed by atoms with Crippen molar-refractivity contribution in [3.05, 3.63) is 30.1 Å². The molecule has 60 valence electrons. The van der Waals surface area contributed by atoms with E-state index in [2.05, 4.69) is 4.98 Å². The van der Waals surface area contributed by atoms with E-state index in [9.17, 15) is 5.11 Å². The van der Waals surface area contributed by atoms with Crippen molar-refractivity contribution in [2.24, 2.45) is 5.92 Å². The van der Waals surface area contributed by atoms with Gasteiger partial charge < -0.3 is 5.11 Å². The summed E-state index contributed by atoms with van der Waals surface area (Å²) in [4.78, 5) is 3.88. The molecule has 0 aromatic carbocycles. The lowest BCUT2D eigenvalue weighted by Gasteiger charge is -2.13. The highest BCUT2D eigenvalue weighted by Crippen LogP contribution is 2.19. The molecule has 2 nitrogen and oxygen atoms in total. The van der Waals surface area contributed by atoms with Crippen LogP contribution in [0.1, 0.15) is 25.5 Å². The molecular weight excluding hydrogens is 138 g/mol. The molecule has 0 aliphatic rings. The molecular formula is C9H13NO. The number of nitrogens with zero attached hydrogens (tertiary/aromatic N) is 1. The Morgan fingerprint density at radius 1 is 1.27 bits per heavy atom. The minimum absolute atomic E-state index is 0.261. The van der Waals surface area contributed by atoms with Gasteiger partial charge in [-0.3, -0.25) is 4.98 Å². The summed E-state index contributed by atoms with van der Waals surface area (Å²) in [7, 11) is 0. The fourth-order valence-electron chi connectivity index (χ4n) is 0.946. The zero-order valence-corrected chi connectivity index (χ0v) is 6.86. The maximum atomic E-state index is 9.57. The Kier molecular flexibility index (Phi) is 2.60. The standard InChI is InChI=1S/C9H13NO/c1-7(2)9(11)8-3-5-10-6-4-8/h3-7,9,11H,1-2H3/t9-/m1/s1. The smallest absolute Gasteiger partial charge is 0.0814 e. The first kappa shape index (κ1) is 8.21. The molecule has 0 saturated carbocycles. The molecule has 1 rings (SSSR count). The van der Waals surface area contributed by atoms with Gasteiger partial charge in [0.05, 0.1) is 6.10 Å². The van der Waals surface area contributed by atoms with Crippen LogP contribution in [0.25, 0.3) is 0 Å². The van der Waals surface area contributed by atoms with Gasteiger partial charge in [0.1, 0.15) is 0 Å². The summed E-state index contributed by atoms with van der Waals surface area (Å²) < 4.78 is 0. The first-order valence-electron chi connectivity index (χ1n) is 3.80. The average Bonchev–Trinajstić information content (AvgIpc) is 2.05. The summed E-state index contributed by atoms with van der Waals surface area (Å²) in [5.74, 6) is 0.261. The van der Waals surface area contributed by atoms with Crippen molar-refractivity contribution in [1.29, 1.82) is 0 Å². The number of hydrogen-bond donors (Lipinski definition) is 1. The van der Waals surface area contributed by atoms with Gasteiger partial charge in [0.2, 0.25) is 0 Å². The topological polar surface area (TPSA) is 33.1 Å². The van der Waals surface area contributed by atoms with E-state index in [0.29, 0.717) is 0 Å². The molecule has 0 radical (unpaired) electrons. The summed E-state index contributed by atoms with van der Waals surface area (Å²) in [6.45, 7) is 3.98. The Hall–Kier alpha value is -0.890. The number of hydrogen-bond acceptors (Lipinski definition) is 2. The maximum Gasteiger partial charge on any atom is 0.0814 e. The van der Waals surface area contributed by atoms with Crippen LogP contribution in [-0.2, 0) is 0 Å². The summed E-state index contributed by atoms with van der Waals surface area (Å²) in [5, 5.41) is 9.57. The molecule has 1 aromatic rings. The highest BCUT2D eigenvalue weighted by Gasteiger charge is 2.10. The summed E-state index contributed by atoms with van der Waals surface area (Å²) in [6.07, 6.45) is 3.03. The normalized spacial score (nSPS) is 13.5. The van der Waals surface area contributed by atoms with E-state index in [1.165, 1.54) is 0 Å². The fourth-order valence-corrected chi connectivity index (χ4v) is 0.946. The molecule has 0 aliphatic carbocycles. The Morgan fingerprint density at radius 2 is 1.82 bits per heavy atom. The van der Waals surface area contributed by atoms with Gasteiger partial charge >= 0.3 is 0 Å². The van der Waals surface area contributed by atoms with Gasteiger partial charge in [0, 0.05) is 12.4 Å². The average molecular weight is 151 g/mol. The molecule has 1 aromatic heterocycles. The molecule has 1 heterocycles. The molecule has 0 spiro atoms. The first-order valence-corrected chi connectivity index (χ1v) is 3.80. The second-order valence-corrected chi connectivity index (χ2v) is 2.97. The van der Waals surface area contributed by atoms with Crippen LogP contribution in [0.5, 0.6) is 0 Å². The second kappa shape index (κ2) is 3.49. The Morgan fingerprint density at radius 3 is 2.27 bits per heavy atom. The molecule has 0 fully saturated rings. The fraction of sp³-hybridized carbons (Fsp3) is 0.444. The number of aliphatic hydroxyl groups is 1. The Balaban J connectivity index is 2.77. The molecule has 0 unspecified atom stereocenters. The van der Waals surface area contributed by atoms with Crippen LogP contribution in [0.3, 0.4) is 0 Å². The van der Waals surface area contributed by atoms with Gasteiger partial charge in [-0.1, -0.05) is 13.8 Å². The third kappa shape index (κ3) is 2.02. The minimum atomic E-state index is -0.363. The Labute approximate surface area is 66.9 Å². The van der Waals surface area contributed by atoms with Gasteiger partial charge in [0.15, 0.2) is 0 Å². The van der Waals surface area contributed by atoms with Crippen molar-refractivity contribution in [1.82, 2.24) is 4.98 Å². The van der Waals surface area contributed by atoms with Crippen LogP contribution in [0, 0.1) is 5.92 Å². The Bertz CT molecular complexity index is 208. The molecule has 2 heteroatoms. The van der Waals surface area contributed by atoms with Crippen LogP contribution in [-0.4, -0.2) is 10.1 Å². The van der Waals surface area contributed by atoms with E-state index in [1.807, 2.05) is 26.0 Å². The van der Waals surface area contributed by atoms with Crippen molar-refractivity contribution < 1.29 is 5.11 Å². The summed E-state index contributed by atoms with van der Waals surface area (Å²) in [6, 6.07) is 3.68. The van der Waals surface area contributed by atoms with E-state index in [1.54, 1.807) is 12.4 Å². The number of rotatable bonds is 2. The van der Waals surface area contributed by atoms with Crippen molar-refractivity contribution in [3.8, 4) is 0 Å². The molecule has 1 N–H and O–H groups in total. The van der Waals surface area contributed by atoms with Gasteiger partial charge in [-0.15, -0.1) is 0 Å². The molecule has 11 heavy (non-hydrogen) atoms. The van der Waals surface area contributed by atoms with Gasteiger partial charge in [-0.25, -0.2) is 0 Å². The van der Waals surface area contributed by atoms with Crippen LogP contribution in [0.15, 0.2) is 24.5 Å². The quantitative estimate of drug-likeness (QED) is 0.698. The van der Waals surface area contributed by atoms with Gasteiger partial charge in [-0.2, -0.15) is 0 Å².